The molecule has 0 atom stereocenters. The van der Waals surface area contributed by atoms with Crippen molar-refractivity contribution in [1.82, 2.24) is 0 Å². The third kappa shape index (κ3) is 4.70. The van der Waals surface area contributed by atoms with Crippen LogP contribution in [0, 0.1) is 0 Å². The molecule has 0 saturated carbocycles. The molecule has 0 N–H and O–H groups in total. The number of hydrogen-bond donors (Lipinski definition) is 0. The summed E-state index contributed by atoms with van der Waals surface area (Å²) in [7, 11) is 0. The average molecular weight is 505 g/mol. The van der Waals surface area contributed by atoms with Crippen molar-refractivity contribution in [2.75, 3.05) is 6.61 Å². The summed E-state index contributed by atoms with van der Waals surface area (Å²) in [5, 5.41) is 0. The minimum absolute atomic E-state index is 0.166. The first-order valence-corrected chi connectivity index (χ1v) is 16.5. The van der Waals surface area contributed by atoms with Crippen molar-refractivity contribution >= 4 is 35.1 Å². The zero-order valence-corrected chi connectivity index (χ0v) is 20.7. The number of carbonyl (C=O) groups excluding carboxylic acids is 1. The maximum atomic E-state index is 13.5. The molecule has 0 bridgehead atoms. The molecule has 2 nitrogen and oxygen atoms in total. The van der Waals surface area contributed by atoms with Crippen LogP contribution < -0.4 is 10.7 Å². The van der Waals surface area contributed by atoms with Crippen molar-refractivity contribution in [1.29, 1.82) is 0 Å². The molecule has 0 aliphatic rings. The quantitative estimate of drug-likeness (QED) is 0.187. The van der Waals surface area contributed by atoms with Crippen LogP contribution in [0.15, 0.2) is 101 Å². The number of carbonyl (C=O) groups is 1. The van der Waals surface area contributed by atoms with Crippen LogP contribution in [0.3, 0.4) is 0 Å². The molecule has 3 heteroatoms. The number of allylic oxidation sites excluding steroid dienone is 1. The summed E-state index contributed by atoms with van der Waals surface area (Å²) in [6.07, 6.45) is 5.22. The van der Waals surface area contributed by atoms with Gasteiger partial charge in [-0.05, 0) is 0 Å². The molecule has 0 unspecified atom stereocenters. The van der Waals surface area contributed by atoms with Gasteiger partial charge in [0.25, 0.3) is 0 Å². The SMILES string of the molecule is CCCC/C=[C](/C(=O)OCC)[Sn]([c]1ccccc1)([c]1ccccc1)[c]1ccccc1. The molecular formula is C27H30O2Sn. The van der Waals surface area contributed by atoms with Crippen molar-refractivity contribution in [3.63, 3.8) is 0 Å². The van der Waals surface area contributed by atoms with E-state index >= 15 is 0 Å². The first-order chi connectivity index (χ1) is 14.7. The molecule has 3 aromatic rings. The van der Waals surface area contributed by atoms with Crippen molar-refractivity contribution in [2.24, 2.45) is 0 Å². The molecule has 154 valence electrons. The number of benzene rings is 3. The summed E-state index contributed by atoms with van der Waals surface area (Å²) in [5.41, 5.74) is 0. The predicted octanol–water partition coefficient (Wildman–Crippen LogP) is 4.38. The van der Waals surface area contributed by atoms with Gasteiger partial charge in [-0.15, -0.1) is 0 Å². The normalized spacial score (nSPS) is 11.9. The third-order valence-electron chi connectivity index (χ3n) is 5.43. The Morgan fingerprint density at radius 1 is 0.767 bits per heavy atom. The second-order valence-electron chi connectivity index (χ2n) is 7.33. The van der Waals surface area contributed by atoms with Gasteiger partial charge in [-0.25, -0.2) is 0 Å². The van der Waals surface area contributed by atoms with E-state index in [9.17, 15) is 4.79 Å². The molecule has 0 amide bonds. The Hall–Kier alpha value is -2.33. The van der Waals surface area contributed by atoms with Crippen molar-refractivity contribution in [3.8, 4) is 0 Å². The van der Waals surface area contributed by atoms with Crippen LogP contribution in [-0.4, -0.2) is 31.0 Å². The summed E-state index contributed by atoms with van der Waals surface area (Å²) < 4.78 is 10.3. The first kappa shape index (κ1) is 22.4. The summed E-state index contributed by atoms with van der Waals surface area (Å²) in [5.74, 6) is -0.166. The van der Waals surface area contributed by atoms with Crippen LogP contribution in [-0.2, 0) is 9.53 Å². The fraction of sp³-hybridized carbons (Fsp3) is 0.222. The Labute approximate surface area is 184 Å². The number of ether oxygens (including phenoxy) is 1. The Morgan fingerprint density at radius 2 is 1.20 bits per heavy atom. The van der Waals surface area contributed by atoms with E-state index in [2.05, 4.69) is 85.8 Å². The van der Waals surface area contributed by atoms with Gasteiger partial charge in [-0.3, -0.25) is 0 Å². The molecule has 0 heterocycles. The predicted molar refractivity (Wildman–Crippen MR) is 128 cm³/mol. The van der Waals surface area contributed by atoms with E-state index in [1.165, 1.54) is 10.7 Å². The summed E-state index contributed by atoms with van der Waals surface area (Å²) in [6.45, 7) is 4.44. The minimum atomic E-state index is -3.88. The average Bonchev–Trinajstić information content (AvgIpc) is 2.81. The van der Waals surface area contributed by atoms with Gasteiger partial charge in [0.1, 0.15) is 0 Å². The van der Waals surface area contributed by atoms with Gasteiger partial charge in [0.2, 0.25) is 0 Å². The van der Waals surface area contributed by atoms with E-state index in [0.29, 0.717) is 6.61 Å². The topological polar surface area (TPSA) is 26.3 Å². The van der Waals surface area contributed by atoms with E-state index in [4.69, 9.17) is 4.74 Å². The van der Waals surface area contributed by atoms with Crippen LogP contribution >= 0.6 is 0 Å². The van der Waals surface area contributed by atoms with Crippen molar-refractivity contribution < 1.29 is 9.53 Å². The molecule has 0 fully saturated rings. The Balaban J connectivity index is 2.39. The molecule has 0 saturated heterocycles. The van der Waals surface area contributed by atoms with Crippen LogP contribution in [0.1, 0.15) is 33.1 Å². The first-order valence-electron chi connectivity index (χ1n) is 10.8. The van der Waals surface area contributed by atoms with E-state index in [0.717, 1.165) is 22.9 Å². The zero-order chi connectivity index (χ0) is 21.2. The van der Waals surface area contributed by atoms with Gasteiger partial charge in [0, 0.05) is 0 Å². The summed E-state index contributed by atoms with van der Waals surface area (Å²) >= 11 is -3.88. The van der Waals surface area contributed by atoms with E-state index in [-0.39, 0.29) is 5.97 Å². The maximum absolute atomic E-state index is 13.5. The molecule has 3 rings (SSSR count). The van der Waals surface area contributed by atoms with Crippen molar-refractivity contribution in [2.45, 2.75) is 33.1 Å². The monoisotopic (exact) mass is 506 g/mol. The zero-order valence-electron chi connectivity index (χ0n) is 17.9. The Morgan fingerprint density at radius 3 is 1.57 bits per heavy atom. The number of hydrogen-bond acceptors (Lipinski definition) is 2. The van der Waals surface area contributed by atoms with E-state index in [1.807, 2.05) is 25.1 Å². The van der Waals surface area contributed by atoms with Gasteiger partial charge in [0.15, 0.2) is 0 Å². The number of unbranched alkanes of at least 4 members (excludes halogenated alkanes) is 2. The van der Waals surface area contributed by atoms with E-state index < -0.39 is 18.4 Å². The molecule has 0 radical (unpaired) electrons. The van der Waals surface area contributed by atoms with Gasteiger partial charge in [-0.1, -0.05) is 0 Å². The molecule has 0 aliphatic heterocycles. The second kappa shape index (κ2) is 11.2. The third-order valence-corrected chi connectivity index (χ3v) is 19.2. The summed E-state index contributed by atoms with van der Waals surface area (Å²) in [6, 6.07) is 31.8. The number of esters is 1. The molecule has 0 aliphatic carbocycles. The Kier molecular flexibility index (Phi) is 8.32. The van der Waals surface area contributed by atoms with Crippen LogP contribution in [0.4, 0.5) is 0 Å². The fourth-order valence-corrected chi connectivity index (χ4v) is 17.9. The van der Waals surface area contributed by atoms with E-state index in [1.54, 1.807) is 0 Å². The summed E-state index contributed by atoms with van der Waals surface area (Å²) in [4.78, 5) is 13.5. The molecule has 30 heavy (non-hydrogen) atoms. The molecule has 3 aromatic carbocycles. The van der Waals surface area contributed by atoms with Crippen LogP contribution in [0.5, 0.6) is 0 Å². The fourth-order valence-electron chi connectivity index (χ4n) is 4.08. The van der Waals surface area contributed by atoms with Crippen molar-refractivity contribution in [3.05, 3.63) is 101 Å². The second-order valence-corrected chi connectivity index (χ2v) is 18.1. The van der Waals surface area contributed by atoms with Gasteiger partial charge >= 0.3 is 185 Å². The van der Waals surface area contributed by atoms with Gasteiger partial charge in [-0.2, -0.15) is 0 Å². The van der Waals surface area contributed by atoms with Crippen LogP contribution in [0.2, 0.25) is 0 Å². The Bertz CT molecular complexity index is 853. The molecule has 0 aromatic heterocycles. The van der Waals surface area contributed by atoms with Crippen LogP contribution in [0.25, 0.3) is 0 Å². The molecular weight excluding hydrogens is 475 g/mol. The number of rotatable bonds is 9. The van der Waals surface area contributed by atoms with Gasteiger partial charge in [0.05, 0.1) is 0 Å². The standard InChI is InChI=1S/C9H15O2.3C6H5.Sn/c1-3-5-6-7-8-9(10)11-4-2;3*1-2-4-6-5-3-1;/h7H,3-6H2,1-2H3;3*1-5H;. The molecule has 0 spiro atoms. The van der Waals surface area contributed by atoms with Gasteiger partial charge < -0.3 is 0 Å².